The van der Waals surface area contributed by atoms with Gasteiger partial charge < -0.3 is 19.4 Å². The molecule has 0 unspecified atom stereocenters. The molecule has 1 aromatic carbocycles. The second-order valence-electron chi connectivity index (χ2n) is 14.4. The monoisotopic (exact) mass is 819 g/mol. The molecule has 7 heteroatoms. The zero-order valence-electron chi connectivity index (χ0n) is 29.2. The van der Waals surface area contributed by atoms with Crippen molar-refractivity contribution in [2.24, 2.45) is 5.41 Å². The van der Waals surface area contributed by atoms with E-state index in [2.05, 4.69) is 112 Å². The van der Waals surface area contributed by atoms with Crippen molar-refractivity contribution in [3.05, 3.63) is 102 Å². The zero-order valence-corrected chi connectivity index (χ0v) is 32.6. The standard InChI is InChI=1S/C21H20N3O.C19H26NSi.Ir/c1-4-14(5-2)15-8-9-23-19(10-15)18-12-22-11-17-16-7-6-13(3)24-21(16)25-20(17)18;1-19(2,3)13-16-12-17(15-10-8-7-9-11-15)20-14-18(16)21(4,5)6;/h6-11,14H,4-5H2,1-3H3;7-10,12,14H,13H2,1-6H3;/q2*-1;. The quantitative estimate of drug-likeness (QED) is 0.119. The van der Waals surface area contributed by atoms with Crippen molar-refractivity contribution in [2.45, 2.75) is 86.4 Å². The van der Waals surface area contributed by atoms with E-state index >= 15 is 0 Å². The van der Waals surface area contributed by atoms with E-state index in [0.29, 0.717) is 11.6 Å². The number of nitrogens with zero attached hydrogens (tertiary/aromatic N) is 4. The molecule has 1 radical (unpaired) electrons. The maximum Gasteiger partial charge on any atom is 0.216 e. The Bertz CT molecular complexity index is 1940. The Morgan fingerprint density at radius 1 is 0.894 bits per heavy atom. The van der Waals surface area contributed by atoms with Crippen molar-refractivity contribution >= 4 is 35.3 Å². The number of pyridine rings is 4. The van der Waals surface area contributed by atoms with Crippen LogP contribution in [0.1, 0.15) is 70.2 Å². The van der Waals surface area contributed by atoms with Crippen LogP contribution in [0.25, 0.3) is 44.6 Å². The molecule has 0 saturated heterocycles. The van der Waals surface area contributed by atoms with E-state index in [-0.39, 0.29) is 25.5 Å². The molecule has 0 aliphatic rings. The average molecular weight is 819 g/mol. The Balaban J connectivity index is 0.000000212. The molecule has 247 valence electrons. The third kappa shape index (κ3) is 8.70. The van der Waals surface area contributed by atoms with Gasteiger partial charge in [0.05, 0.1) is 13.7 Å². The zero-order chi connectivity index (χ0) is 33.1. The number of benzene rings is 1. The summed E-state index contributed by atoms with van der Waals surface area (Å²) in [5.74, 6) is 0.536. The maximum atomic E-state index is 6.05. The van der Waals surface area contributed by atoms with Crippen molar-refractivity contribution < 1.29 is 24.5 Å². The van der Waals surface area contributed by atoms with E-state index in [4.69, 9.17) is 9.40 Å². The van der Waals surface area contributed by atoms with Gasteiger partial charge in [-0.1, -0.05) is 83.1 Å². The molecule has 0 aliphatic carbocycles. The van der Waals surface area contributed by atoms with Gasteiger partial charge in [0.2, 0.25) is 5.71 Å². The molecule has 0 bridgehead atoms. The summed E-state index contributed by atoms with van der Waals surface area (Å²) in [5, 5.41) is 3.41. The van der Waals surface area contributed by atoms with Crippen LogP contribution in [0.2, 0.25) is 19.6 Å². The first kappa shape index (κ1) is 36.3. The molecule has 0 amide bonds. The van der Waals surface area contributed by atoms with E-state index in [0.717, 1.165) is 63.8 Å². The summed E-state index contributed by atoms with van der Waals surface area (Å²) in [6.45, 7) is 20.5. The molecule has 5 heterocycles. The molecule has 0 fully saturated rings. The molecule has 0 aliphatic heterocycles. The molecule has 5 aromatic heterocycles. The largest absolute Gasteiger partial charge is 0.486 e. The first-order valence-corrected chi connectivity index (χ1v) is 19.9. The van der Waals surface area contributed by atoms with Crippen LogP contribution in [0.5, 0.6) is 0 Å². The minimum Gasteiger partial charge on any atom is -0.486 e. The van der Waals surface area contributed by atoms with Gasteiger partial charge in [-0.05, 0) is 90.1 Å². The van der Waals surface area contributed by atoms with Crippen LogP contribution in [0.3, 0.4) is 0 Å². The Kier molecular flexibility index (Phi) is 11.7. The minimum absolute atomic E-state index is 0. The van der Waals surface area contributed by atoms with Gasteiger partial charge >= 0.3 is 0 Å². The number of rotatable bonds is 7. The first-order chi connectivity index (χ1) is 21.9. The Hall–Kier alpha value is -3.51. The third-order valence-electron chi connectivity index (χ3n) is 8.33. The van der Waals surface area contributed by atoms with E-state index < -0.39 is 8.07 Å². The molecule has 6 aromatic rings. The summed E-state index contributed by atoms with van der Waals surface area (Å²) in [4.78, 5) is 18.0. The van der Waals surface area contributed by atoms with E-state index in [9.17, 15) is 0 Å². The molecule has 0 saturated carbocycles. The van der Waals surface area contributed by atoms with Crippen molar-refractivity contribution in [3.8, 4) is 22.5 Å². The number of furan rings is 1. The molecule has 0 N–H and O–H groups in total. The van der Waals surface area contributed by atoms with Crippen molar-refractivity contribution in [3.63, 3.8) is 0 Å². The SMILES string of the molecule is CC(C)(C)Cc1cc(-c2[c-]cccc2)ncc1[Si](C)(C)C.CCC(CC)c1ccnc(-c2[c-]ncc3c2oc2nc(C)ccc23)c1.[Ir]. The van der Waals surface area contributed by atoms with Crippen molar-refractivity contribution in [1.82, 2.24) is 19.9 Å². The number of fused-ring (bicyclic) bond motifs is 3. The fourth-order valence-corrected chi connectivity index (χ4v) is 7.55. The topological polar surface area (TPSA) is 64.7 Å². The van der Waals surface area contributed by atoms with Gasteiger partial charge in [0.15, 0.2) is 0 Å². The van der Waals surface area contributed by atoms with Gasteiger partial charge in [-0.25, -0.2) is 4.98 Å². The Morgan fingerprint density at radius 2 is 1.66 bits per heavy atom. The van der Waals surface area contributed by atoms with Crippen LogP contribution in [-0.2, 0) is 26.5 Å². The summed E-state index contributed by atoms with van der Waals surface area (Å²) in [7, 11) is -1.37. The summed E-state index contributed by atoms with van der Waals surface area (Å²) < 4.78 is 6.05. The van der Waals surface area contributed by atoms with Crippen LogP contribution in [0, 0.1) is 24.6 Å². The first-order valence-electron chi connectivity index (χ1n) is 16.4. The summed E-state index contributed by atoms with van der Waals surface area (Å²) in [6, 6.07) is 21.9. The summed E-state index contributed by atoms with van der Waals surface area (Å²) >= 11 is 0. The molecular formula is C40H46IrN4OSi-2. The van der Waals surface area contributed by atoms with Gasteiger partial charge in [-0.15, -0.1) is 35.9 Å². The second kappa shape index (κ2) is 15.1. The Morgan fingerprint density at radius 3 is 2.32 bits per heavy atom. The fourth-order valence-electron chi connectivity index (χ4n) is 5.98. The smallest absolute Gasteiger partial charge is 0.216 e. The number of hydrogen-bond donors (Lipinski definition) is 0. The number of aryl methyl sites for hydroxylation is 1. The van der Waals surface area contributed by atoms with E-state index in [1.807, 2.05) is 43.5 Å². The molecule has 47 heavy (non-hydrogen) atoms. The normalized spacial score (nSPS) is 11.8. The van der Waals surface area contributed by atoms with Crippen LogP contribution in [0.15, 0.2) is 77.6 Å². The second-order valence-corrected chi connectivity index (χ2v) is 19.4. The Labute approximate surface area is 295 Å². The van der Waals surface area contributed by atoms with Crippen molar-refractivity contribution in [2.75, 3.05) is 0 Å². The number of hydrogen-bond acceptors (Lipinski definition) is 5. The van der Waals surface area contributed by atoms with Gasteiger partial charge in [0.25, 0.3) is 0 Å². The van der Waals surface area contributed by atoms with E-state index in [1.54, 1.807) is 6.20 Å². The number of aromatic nitrogens is 4. The van der Waals surface area contributed by atoms with Crippen LogP contribution < -0.4 is 5.19 Å². The molecule has 5 nitrogen and oxygen atoms in total. The predicted octanol–water partition coefficient (Wildman–Crippen LogP) is 10.1. The van der Waals surface area contributed by atoms with Gasteiger partial charge in [0, 0.05) is 43.6 Å². The van der Waals surface area contributed by atoms with Gasteiger partial charge in [0.1, 0.15) is 0 Å². The van der Waals surface area contributed by atoms with Gasteiger partial charge in [-0.2, -0.15) is 0 Å². The molecule has 0 atom stereocenters. The van der Waals surface area contributed by atoms with E-state index in [1.165, 1.54) is 16.3 Å². The van der Waals surface area contributed by atoms with Crippen LogP contribution in [0.4, 0.5) is 0 Å². The maximum absolute atomic E-state index is 6.05. The molecule has 6 rings (SSSR count). The van der Waals surface area contributed by atoms with Crippen molar-refractivity contribution in [1.29, 1.82) is 0 Å². The molecule has 0 spiro atoms. The summed E-state index contributed by atoms with van der Waals surface area (Å²) in [5.41, 5.74) is 9.11. The average Bonchev–Trinajstić information content (AvgIpc) is 3.39. The third-order valence-corrected chi connectivity index (χ3v) is 10.4. The fraction of sp³-hybridized carbons (Fsp3) is 0.350. The molecular weight excluding hydrogens is 773 g/mol. The van der Waals surface area contributed by atoms with Crippen LogP contribution in [-0.4, -0.2) is 28.0 Å². The van der Waals surface area contributed by atoms with Gasteiger partial charge in [-0.3, -0.25) is 0 Å². The predicted molar refractivity (Wildman–Crippen MR) is 194 cm³/mol. The summed E-state index contributed by atoms with van der Waals surface area (Å²) in [6.07, 6.45) is 12.1. The van der Waals surface area contributed by atoms with Crippen LogP contribution >= 0.6 is 0 Å². The minimum atomic E-state index is -1.37.